The van der Waals surface area contributed by atoms with Gasteiger partial charge in [-0.25, -0.2) is 8.42 Å². The van der Waals surface area contributed by atoms with E-state index in [-0.39, 0.29) is 42.1 Å². The number of nitrogens with zero attached hydrogens (tertiary/aromatic N) is 1. The lowest BCUT2D eigenvalue weighted by molar-refractivity contribution is -0.161. The quantitative estimate of drug-likeness (QED) is 0.411. The number of sulfone groups is 1. The minimum Gasteiger partial charge on any atom is -0.481 e. The number of carbonyl (C=O) groups excluding carboxylic acids is 1. The van der Waals surface area contributed by atoms with Crippen LogP contribution in [0, 0.1) is 11.3 Å². The van der Waals surface area contributed by atoms with Crippen LogP contribution in [0.4, 0.5) is 0 Å². The van der Waals surface area contributed by atoms with Gasteiger partial charge in [-0.2, -0.15) is 0 Å². The van der Waals surface area contributed by atoms with E-state index in [9.17, 15) is 23.1 Å². The van der Waals surface area contributed by atoms with E-state index in [1.807, 2.05) is 44.2 Å². The highest BCUT2D eigenvalue weighted by Gasteiger charge is 2.53. The summed E-state index contributed by atoms with van der Waals surface area (Å²) in [4.78, 5) is 27.8. The predicted octanol–water partition coefficient (Wildman–Crippen LogP) is 5.99. The van der Waals surface area contributed by atoms with Gasteiger partial charge in [-0.3, -0.25) is 9.59 Å². The summed E-state index contributed by atoms with van der Waals surface area (Å²) in [6, 6.07) is 13.3. The Morgan fingerprint density at radius 1 is 1.11 bits per heavy atom. The number of hydrogen-bond acceptors (Lipinski definition) is 4. The highest BCUT2D eigenvalue weighted by Crippen LogP contribution is 2.52. The van der Waals surface area contributed by atoms with Gasteiger partial charge in [0.25, 0.3) is 0 Å². The Labute approximate surface area is 223 Å². The van der Waals surface area contributed by atoms with Gasteiger partial charge in [0.15, 0.2) is 9.84 Å². The molecule has 1 aliphatic rings. The monoisotopic (exact) mass is 553 g/mol. The smallest absolute Gasteiger partial charge is 0.304 e. The van der Waals surface area contributed by atoms with Crippen LogP contribution in [0.1, 0.15) is 63.6 Å². The van der Waals surface area contributed by atoms with E-state index in [0.29, 0.717) is 10.0 Å². The molecule has 1 aliphatic heterocycles. The summed E-state index contributed by atoms with van der Waals surface area (Å²) in [6.07, 6.45) is -0.0916. The molecule has 1 saturated heterocycles. The molecule has 0 bridgehead atoms. The highest BCUT2D eigenvalue weighted by atomic mass is 35.5. The number of carboxylic acids is 1. The molecule has 2 aromatic rings. The molecule has 2 aromatic carbocycles. The van der Waals surface area contributed by atoms with Crippen molar-refractivity contribution >= 4 is 44.9 Å². The van der Waals surface area contributed by atoms with Crippen LogP contribution in [0.2, 0.25) is 10.0 Å². The maximum Gasteiger partial charge on any atom is 0.304 e. The van der Waals surface area contributed by atoms with Crippen molar-refractivity contribution in [3.63, 3.8) is 0 Å². The number of carboxylic acid groups (broad SMARTS) is 1. The molecule has 0 aromatic heterocycles. The number of halogens is 2. The van der Waals surface area contributed by atoms with Crippen LogP contribution >= 0.6 is 23.2 Å². The second kappa shape index (κ2) is 11.1. The van der Waals surface area contributed by atoms with Gasteiger partial charge in [-0.1, -0.05) is 75.2 Å². The van der Waals surface area contributed by atoms with Crippen molar-refractivity contribution in [2.24, 2.45) is 11.3 Å². The van der Waals surface area contributed by atoms with Crippen LogP contribution < -0.4 is 0 Å². The van der Waals surface area contributed by atoms with E-state index in [1.165, 1.54) is 0 Å². The summed E-state index contributed by atoms with van der Waals surface area (Å²) in [7, 11) is -3.45. The summed E-state index contributed by atoms with van der Waals surface area (Å²) < 4.78 is 25.6. The van der Waals surface area contributed by atoms with Crippen LogP contribution in [-0.4, -0.2) is 47.8 Å². The Hall–Kier alpha value is -2.09. The first kappa shape index (κ1) is 28.5. The molecular formula is C27H33Cl2NO5S. The first-order valence-corrected chi connectivity index (χ1v) is 14.6. The molecule has 0 spiro atoms. The third-order valence-corrected chi connectivity index (χ3v) is 9.34. The lowest BCUT2D eigenvalue weighted by Crippen LogP contribution is -2.58. The molecule has 0 saturated carbocycles. The molecule has 3 rings (SSSR count). The Bertz CT molecular complexity index is 1210. The Morgan fingerprint density at radius 2 is 1.75 bits per heavy atom. The molecule has 1 N–H and O–H groups in total. The van der Waals surface area contributed by atoms with Gasteiger partial charge in [0, 0.05) is 27.8 Å². The maximum atomic E-state index is 14.2. The third kappa shape index (κ3) is 6.24. The second-order valence-corrected chi connectivity index (χ2v) is 13.5. The summed E-state index contributed by atoms with van der Waals surface area (Å²) in [5, 5.41) is 10.8. The van der Waals surface area contributed by atoms with Crippen LogP contribution in [0.25, 0.3) is 0 Å². The number of benzene rings is 2. The van der Waals surface area contributed by atoms with Crippen molar-refractivity contribution in [2.75, 3.05) is 11.5 Å². The molecule has 1 fully saturated rings. The normalized spacial score (nSPS) is 23.6. The topological polar surface area (TPSA) is 91.8 Å². The van der Waals surface area contributed by atoms with Gasteiger partial charge in [0.1, 0.15) is 0 Å². The SMILES string of the molecule is CCS(=O)(=O)C[C@H](C(C)C)N1C(=O)[C@@](C)(CC(=O)O)CC(c2cccc(Cl)c2)[C@H]1c1ccc(Cl)cc1. The third-order valence-electron chi connectivity index (χ3n) is 7.12. The molecule has 6 nitrogen and oxygen atoms in total. The summed E-state index contributed by atoms with van der Waals surface area (Å²) >= 11 is 12.5. The van der Waals surface area contributed by atoms with E-state index in [0.717, 1.165) is 11.1 Å². The zero-order valence-electron chi connectivity index (χ0n) is 20.9. The number of carbonyl (C=O) groups is 2. The lowest BCUT2D eigenvalue weighted by atomic mass is 9.66. The van der Waals surface area contributed by atoms with Crippen molar-refractivity contribution < 1.29 is 23.1 Å². The average molecular weight is 555 g/mol. The van der Waals surface area contributed by atoms with Crippen molar-refractivity contribution in [3.05, 3.63) is 69.7 Å². The van der Waals surface area contributed by atoms with Crippen molar-refractivity contribution in [1.29, 1.82) is 0 Å². The fourth-order valence-corrected chi connectivity index (χ4v) is 6.84. The van der Waals surface area contributed by atoms with Crippen LogP contribution in [0.5, 0.6) is 0 Å². The van der Waals surface area contributed by atoms with E-state index < -0.39 is 33.3 Å². The van der Waals surface area contributed by atoms with Gasteiger partial charge >= 0.3 is 5.97 Å². The molecule has 9 heteroatoms. The minimum absolute atomic E-state index is 0.0476. The lowest BCUT2D eigenvalue weighted by Gasteiger charge is -2.52. The predicted molar refractivity (Wildman–Crippen MR) is 143 cm³/mol. The standard InChI is InChI=1S/C27H33Cl2NO5S/c1-5-36(34,35)16-23(17(2)3)30-25(18-9-11-20(28)12-10-18)22(19-7-6-8-21(29)13-19)14-27(4,26(30)33)15-24(31)32/h6-13,17,22-23,25H,5,14-16H2,1-4H3,(H,31,32)/t22?,23-,25-,27-/m1/s1. The molecule has 1 heterocycles. The van der Waals surface area contributed by atoms with Crippen LogP contribution in [-0.2, 0) is 19.4 Å². The van der Waals surface area contributed by atoms with Crippen LogP contribution in [0.15, 0.2) is 48.5 Å². The maximum absolute atomic E-state index is 14.2. The van der Waals surface area contributed by atoms with E-state index in [1.54, 1.807) is 36.9 Å². The van der Waals surface area contributed by atoms with Gasteiger partial charge in [-0.05, 0) is 47.7 Å². The van der Waals surface area contributed by atoms with E-state index in [2.05, 4.69) is 0 Å². The molecule has 1 amide bonds. The number of amides is 1. The molecule has 0 radical (unpaired) electrons. The highest BCUT2D eigenvalue weighted by molar-refractivity contribution is 7.91. The number of piperidine rings is 1. The molecule has 4 atom stereocenters. The van der Waals surface area contributed by atoms with E-state index in [4.69, 9.17) is 23.2 Å². The largest absolute Gasteiger partial charge is 0.481 e. The Kier molecular flexibility index (Phi) is 8.79. The summed E-state index contributed by atoms with van der Waals surface area (Å²) in [5.41, 5.74) is 0.428. The van der Waals surface area contributed by atoms with Crippen molar-refractivity contribution in [3.8, 4) is 0 Å². The van der Waals surface area contributed by atoms with Crippen molar-refractivity contribution in [1.82, 2.24) is 4.90 Å². The molecular weight excluding hydrogens is 521 g/mol. The Morgan fingerprint density at radius 3 is 2.28 bits per heavy atom. The fraction of sp³-hybridized carbons (Fsp3) is 0.481. The summed E-state index contributed by atoms with van der Waals surface area (Å²) in [5.74, 6) is -2.21. The Balaban J connectivity index is 2.30. The molecule has 196 valence electrons. The van der Waals surface area contributed by atoms with Gasteiger partial charge in [0.05, 0.1) is 23.6 Å². The first-order chi connectivity index (χ1) is 16.8. The van der Waals surface area contributed by atoms with Gasteiger partial charge in [-0.15, -0.1) is 0 Å². The zero-order valence-corrected chi connectivity index (χ0v) is 23.3. The number of hydrogen-bond donors (Lipinski definition) is 1. The zero-order chi connectivity index (χ0) is 26.8. The number of likely N-dealkylation sites (tertiary alicyclic amines) is 1. The van der Waals surface area contributed by atoms with E-state index >= 15 is 0 Å². The van der Waals surface area contributed by atoms with Gasteiger partial charge < -0.3 is 10.0 Å². The first-order valence-electron chi connectivity index (χ1n) is 12.0. The second-order valence-electron chi connectivity index (χ2n) is 10.2. The number of aliphatic carboxylic acids is 1. The fourth-order valence-electron chi connectivity index (χ4n) is 5.22. The summed E-state index contributed by atoms with van der Waals surface area (Å²) in [6.45, 7) is 7.03. The molecule has 0 aliphatic carbocycles. The van der Waals surface area contributed by atoms with Crippen LogP contribution in [0.3, 0.4) is 0 Å². The molecule has 1 unspecified atom stereocenters. The molecule has 36 heavy (non-hydrogen) atoms. The average Bonchev–Trinajstić information content (AvgIpc) is 2.79. The minimum atomic E-state index is -3.45. The number of rotatable bonds is 9. The van der Waals surface area contributed by atoms with Gasteiger partial charge in [0.2, 0.25) is 5.91 Å². The van der Waals surface area contributed by atoms with Crippen molar-refractivity contribution in [2.45, 2.75) is 58.5 Å².